The van der Waals surface area contributed by atoms with E-state index in [2.05, 4.69) is 10.6 Å². The summed E-state index contributed by atoms with van der Waals surface area (Å²) in [7, 11) is 0. The van der Waals surface area contributed by atoms with Gasteiger partial charge in [0.1, 0.15) is 10.6 Å². The van der Waals surface area contributed by atoms with Crippen LogP contribution in [0.3, 0.4) is 0 Å². The molecule has 3 aromatic rings. The molecule has 0 saturated heterocycles. The van der Waals surface area contributed by atoms with E-state index in [1.807, 2.05) is 24.3 Å². The van der Waals surface area contributed by atoms with E-state index in [0.29, 0.717) is 10.6 Å². The van der Waals surface area contributed by atoms with E-state index in [9.17, 15) is 14.4 Å². The first-order chi connectivity index (χ1) is 12.1. The van der Waals surface area contributed by atoms with Gasteiger partial charge in [0.2, 0.25) is 0 Å². The van der Waals surface area contributed by atoms with Crippen molar-refractivity contribution in [2.24, 2.45) is 0 Å². The number of nitrogens with one attached hydrogen (secondary N) is 2. The van der Waals surface area contributed by atoms with Crippen LogP contribution < -0.4 is 10.6 Å². The van der Waals surface area contributed by atoms with Crippen molar-refractivity contribution in [3.8, 4) is 0 Å². The molecular formula is C17H14N2O5S. The van der Waals surface area contributed by atoms with Gasteiger partial charge in [0.15, 0.2) is 6.61 Å². The van der Waals surface area contributed by atoms with Gasteiger partial charge in [0.25, 0.3) is 5.91 Å². The zero-order chi connectivity index (χ0) is 17.6. The molecule has 0 aliphatic heterocycles. The van der Waals surface area contributed by atoms with Crippen LogP contribution in [0.4, 0.5) is 4.79 Å². The summed E-state index contributed by atoms with van der Waals surface area (Å²) < 4.78 is 10.9. The maximum atomic E-state index is 12.0. The minimum atomic E-state index is -0.716. The Balaban J connectivity index is 1.44. The van der Waals surface area contributed by atoms with E-state index in [1.165, 1.54) is 17.6 Å². The SMILES string of the molecule is O=C(COC(=O)c1cc2ccccc2s1)NC(=O)NCc1ccco1. The predicted molar refractivity (Wildman–Crippen MR) is 91.2 cm³/mol. The highest BCUT2D eigenvalue weighted by Gasteiger charge is 2.15. The molecule has 0 bridgehead atoms. The fourth-order valence-corrected chi connectivity index (χ4v) is 3.03. The number of carbonyl (C=O) groups excluding carboxylic acids is 3. The summed E-state index contributed by atoms with van der Waals surface area (Å²) in [5, 5.41) is 5.45. The average molecular weight is 358 g/mol. The summed E-state index contributed by atoms with van der Waals surface area (Å²) in [5.41, 5.74) is 0. The molecule has 8 heteroatoms. The number of furan rings is 1. The van der Waals surface area contributed by atoms with Gasteiger partial charge in [0.05, 0.1) is 12.8 Å². The van der Waals surface area contributed by atoms with E-state index in [0.717, 1.165) is 10.1 Å². The van der Waals surface area contributed by atoms with Crippen LogP contribution >= 0.6 is 11.3 Å². The topological polar surface area (TPSA) is 97.6 Å². The highest BCUT2D eigenvalue weighted by Crippen LogP contribution is 2.25. The smallest absolute Gasteiger partial charge is 0.348 e. The molecule has 2 heterocycles. The number of hydrogen-bond acceptors (Lipinski definition) is 6. The highest BCUT2D eigenvalue weighted by atomic mass is 32.1. The monoisotopic (exact) mass is 358 g/mol. The minimum Gasteiger partial charge on any atom is -0.467 e. The normalized spacial score (nSPS) is 10.4. The molecule has 0 saturated carbocycles. The summed E-state index contributed by atoms with van der Waals surface area (Å²) in [6.45, 7) is -0.394. The van der Waals surface area contributed by atoms with E-state index in [-0.39, 0.29) is 6.54 Å². The molecule has 0 atom stereocenters. The highest BCUT2D eigenvalue weighted by molar-refractivity contribution is 7.20. The molecule has 0 aliphatic carbocycles. The number of thiophene rings is 1. The quantitative estimate of drug-likeness (QED) is 0.684. The molecule has 2 N–H and O–H groups in total. The maximum absolute atomic E-state index is 12.0. The lowest BCUT2D eigenvalue weighted by Crippen LogP contribution is -2.41. The summed E-state index contributed by atoms with van der Waals surface area (Å²) in [4.78, 5) is 35.6. The first kappa shape index (κ1) is 16.7. The molecule has 0 spiro atoms. The number of esters is 1. The van der Waals surface area contributed by atoms with Gasteiger partial charge in [-0.2, -0.15) is 0 Å². The lowest BCUT2D eigenvalue weighted by molar-refractivity contribution is -0.123. The van der Waals surface area contributed by atoms with Crippen LogP contribution in [0.25, 0.3) is 10.1 Å². The number of imide groups is 1. The predicted octanol–water partition coefficient (Wildman–Crippen LogP) is 2.68. The van der Waals surface area contributed by atoms with E-state index >= 15 is 0 Å². The van der Waals surface area contributed by atoms with Crippen molar-refractivity contribution in [2.75, 3.05) is 6.61 Å². The molecule has 2 aromatic heterocycles. The zero-order valence-corrected chi connectivity index (χ0v) is 13.8. The summed E-state index contributed by atoms with van der Waals surface area (Å²) in [6.07, 6.45) is 1.48. The molecule has 0 fully saturated rings. The number of amides is 3. The Labute approximate surface area is 146 Å². The van der Waals surface area contributed by atoms with Crippen LogP contribution in [0.1, 0.15) is 15.4 Å². The van der Waals surface area contributed by atoms with Gasteiger partial charge >= 0.3 is 12.0 Å². The van der Waals surface area contributed by atoms with E-state index < -0.39 is 24.5 Å². The van der Waals surface area contributed by atoms with Crippen molar-refractivity contribution in [3.63, 3.8) is 0 Å². The molecule has 7 nitrogen and oxygen atoms in total. The maximum Gasteiger partial charge on any atom is 0.348 e. The second-order valence-electron chi connectivity index (χ2n) is 5.03. The van der Waals surface area contributed by atoms with Crippen molar-refractivity contribution in [1.29, 1.82) is 0 Å². The lowest BCUT2D eigenvalue weighted by atomic mass is 10.2. The van der Waals surface area contributed by atoms with Gasteiger partial charge in [-0.05, 0) is 29.7 Å². The van der Waals surface area contributed by atoms with Crippen LogP contribution in [0.2, 0.25) is 0 Å². The lowest BCUT2D eigenvalue weighted by Gasteiger charge is -2.06. The number of hydrogen-bond donors (Lipinski definition) is 2. The van der Waals surface area contributed by atoms with Crippen LogP contribution in [-0.2, 0) is 16.1 Å². The van der Waals surface area contributed by atoms with Gasteiger partial charge in [0, 0.05) is 4.70 Å². The Morgan fingerprint density at radius 1 is 1.12 bits per heavy atom. The van der Waals surface area contributed by atoms with Gasteiger partial charge in [-0.15, -0.1) is 11.3 Å². The largest absolute Gasteiger partial charge is 0.467 e. The van der Waals surface area contributed by atoms with E-state index in [4.69, 9.17) is 9.15 Å². The van der Waals surface area contributed by atoms with Crippen LogP contribution in [0, 0.1) is 0 Å². The summed E-state index contributed by atoms with van der Waals surface area (Å²) in [5.74, 6) is -0.766. The van der Waals surface area contributed by atoms with Crippen molar-refractivity contribution >= 4 is 39.3 Å². The number of urea groups is 1. The minimum absolute atomic E-state index is 0.147. The molecule has 1 aromatic carbocycles. The number of fused-ring (bicyclic) bond motifs is 1. The first-order valence-corrected chi connectivity index (χ1v) is 8.19. The van der Waals surface area contributed by atoms with Crippen molar-refractivity contribution in [2.45, 2.75) is 6.54 Å². The molecule has 3 rings (SSSR count). The molecular weight excluding hydrogens is 344 g/mol. The Hall–Kier alpha value is -3.13. The third-order valence-electron chi connectivity index (χ3n) is 3.22. The van der Waals surface area contributed by atoms with Crippen molar-refractivity contribution in [3.05, 3.63) is 59.4 Å². The summed E-state index contributed by atoms with van der Waals surface area (Å²) in [6, 6.07) is 11.9. The Bertz CT molecular complexity index is 868. The van der Waals surface area contributed by atoms with Crippen molar-refractivity contribution in [1.82, 2.24) is 10.6 Å². The number of carbonyl (C=O) groups is 3. The third kappa shape index (κ3) is 4.45. The average Bonchev–Trinajstić information content (AvgIpc) is 3.26. The second-order valence-corrected chi connectivity index (χ2v) is 6.12. The zero-order valence-electron chi connectivity index (χ0n) is 13.0. The van der Waals surface area contributed by atoms with Crippen LogP contribution in [0.5, 0.6) is 0 Å². The Morgan fingerprint density at radius 3 is 2.72 bits per heavy atom. The molecule has 0 radical (unpaired) electrons. The Kier molecular flexibility index (Phi) is 5.10. The van der Waals surface area contributed by atoms with Gasteiger partial charge in [-0.25, -0.2) is 9.59 Å². The number of ether oxygens (including phenoxy) is 1. The first-order valence-electron chi connectivity index (χ1n) is 7.37. The van der Waals surface area contributed by atoms with Crippen LogP contribution in [0.15, 0.2) is 53.1 Å². The molecule has 0 aliphatic rings. The molecule has 3 amide bonds. The molecule has 128 valence electrons. The standard InChI is InChI=1S/C17H14N2O5S/c20-15(19-17(22)18-9-12-5-3-7-23-12)10-24-16(21)14-8-11-4-1-2-6-13(11)25-14/h1-8H,9-10H2,(H2,18,19,20,22). The van der Waals surface area contributed by atoms with Crippen molar-refractivity contribution < 1.29 is 23.5 Å². The fourth-order valence-electron chi connectivity index (χ4n) is 2.07. The fraction of sp³-hybridized carbons (Fsp3) is 0.118. The van der Waals surface area contributed by atoms with Gasteiger partial charge in [-0.3, -0.25) is 10.1 Å². The molecule has 25 heavy (non-hydrogen) atoms. The van der Waals surface area contributed by atoms with Crippen LogP contribution in [-0.4, -0.2) is 24.5 Å². The van der Waals surface area contributed by atoms with Gasteiger partial charge < -0.3 is 14.5 Å². The third-order valence-corrected chi connectivity index (χ3v) is 4.31. The Morgan fingerprint density at radius 2 is 1.96 bits per heavy atom. The number of benzene rings is 1. The second kappa shape index (κ2) is 7.63. The molecule has 0 unspecified atom stereocenters. The summed E-state index contributed by atoms with van der Waals surface area (Å²) >= 11 is 1.28. The van der Waals surface area contributed by atoms with E-state index in [1.54, 1.807) is 18.2 Å². The van der Waals surface area contributed by atoms with Gasteiger partial charge in [-0.1, -0.05) is 18.2 Å². The number of rotatable bonds is 5.